The number of rotatable bonds is 7. The lowest BCUT2D eigenvalue weighted by Gasteiger charge is -2.11. The molecule has 0 radical (unpaired) electrons. The summed E-state index contributed by atoms with van der Waals surface area (Å²) in [7, 11) is 0. The van der Waals surface area contributed by atoms with E-state index in [1.54, 1.807) is 10.9 Å². The molecule has 0 unspecified atom stereocenters. The highest BCUT2D eigenvalue weighted by Gasteiger charge is 2.08. The lowest BCUT2D eigenvalue weighted by Crippen LogP contribution is -2.43. The standard InChI is InChI=1S/C22H24N4O3/c1-16-8-9-17(2)20(12-16)29-15-22(28)25-24-21(27)11-10-18-13-23-26(14-18)19-6-4-3-5-7-19/h3-9,12-14H,10-11,15H2,1-2H3,(H,24,27)(H,25,28). The molecule has 3 aromatic rings. The number of amides is 2. The van der Waals surface area contributed by atoms with Gasteiger partial charge in [0.2, 0.25) is 5.91 Å². The fourth-order valence-corrected chi connectivity index (χ4v) is 2.71. The molecule has 0 saturated heterocycles. The van der Waals surface area contributed by atoms with Gasteiger partial charge in [-0.05, 0) is 55.2 Å². The van der Waals surface area contributed by atoms with Gasteiger partial charge in [-0.1, -0.05) is 30.3 Å². The van der Waals surface area contributed by atoms with E-state index in [2.05, 4.69) is 16.0 Å². The first-order valence-corrected chi connectivity index (χ1v) is 9.38. The minimum Gasteiger partial charge on any atom is -0.483 e. The maximum Gasteiger partial charge on any atom is 0.276 e. The number of aromatic nitrogens is 2. The maximum absolute atomic E-state index is 12.0. The molecule has 0 spiro atoms. The zero-order chi connectivity index (χ0) is 20.6. The third kappa shape index (κ3) is 5.93. The summed E-state index contributed by atoms with van der Waals surface area (Å²) in [6.07, 6.45) is 4.38. The van der Waals surface area contributed by atoms with Gasteiger partial charge in [0.25, 0.3) is 5.91 Å². The quantitative estimate of drug-likeness (QED) is 0.606. The first kappa shape index (κ1) is 20.1. The molecule has 0 fully saturated rings. The molecule has 150 valence electrons. The number of carbonyl (C=O) groups is 2. The van der Waals surface area contributed by atoms with Crippen molar-refractivity contribution < 1.29 is 14.3 Å². The van der Waals surface area contributed by atoms with Crippen LogP contribution in [0.15, 0.2) is 60.9 Å². The number of carbonyl (C=O) groups excluding carboxylic acids is 2. The first-order valence-electron chi connectivity index (χ1n) is 9.38. The Labute approximate surface area is 169 Å². The van der Waals surface area contributed by atoms with Crippen LogP contribution in [0.5, 0.6) is 5.75 Å². The minimum atomic E-state index is -0.420. The van der Waals surface area contributed by atoms with E-state index in [0.717, 1.165) is 22.4 Å². The van der Waals surface area contributed by atoms with Crippen LogP contribution in [0, 0.1) is 13.8 Å². The number of benzene rings is 2. The molecule has 29 heavy (non-hydrogen) atoms. The van der Waals surface area contributed by atoms with Crippen LogP contribution in [-0.2, 0) is 16.0 Å². The summed E-state index contributed by atoms with van der Waals surface area (Å²) in [5.74, 6) is -0.0457. The van der Waals surface area contributed by atoms with Gasteiger partial charge in [-0.3, -0.25) is 20.4 Å². The predicted molar refractivity (Wildman–Crippen MR) is 110 cm³/mol. The van der Waals surface area contributed by atoms with Crippen molar-refractivity contribution in [3.63, 3.8) is 0 Å². The van der Waals surface area contributed by atoms with Crippen LogP contribution >= 0.6 is 0 Å². The van der Waals surface area contributed by atoms with Crippen molar-refractivity contribution in [2.75, 3.05) is 6.61 Å². The molecule has 0 atom stereocenters. The van der Waals surface area contributed by atoms with Crippen LogP contribution in [0.3, 0.4) is 0 Å². The molecule has 1 aromatic heterocycles. The zero-order valence-corrected chi connectivity index (χ0v) is 16.5. The minimum absolute atomic E-state index is 0.172. The Bertz CT molecular complexity index is 983. The van der Waals surface area contributed by atoms with E-state index in [4.69, 9.17) is 4.74 Å². The number of nitrogens with one attached hydrogen (secondary N) is 2. The summed E-state index contributed by atoms with van der Waals surface area (Å²) in [4.78, 5) is 23.9. The summed E-state index contributed by atoms with van der Waals surface area (Å²) < 4.78 is 7.27. The molecule has 0 aliphatic carbocycles. The van der Waals surface area contributed by atoms with Gasteiger partial charge in [-0.25, -0.2) is 4.68 Å². The number of hydrogen-bond donors (Lipinski definition) is 2. The third-order valence-electron chi connectivity index (χ3n) is 4.34. The van der Waals surface area contributed by atoms with Crippen LogP contribution in [0.25, 0.3) is 5.69 Å². The maximum atomic E-state index is 12.0. The predicted octanol–water partition coefficient (Wildman–Crippen LogP) is 2.65. The number of hydrogen-bond acceptors (Lipinski definition) is 4. The van der Waals surface area contributed by atoms with E-state index < -0.39 is 5.91 Å². The van der Waals surface area contributed by atoms with Gasteiger partial charge in [0.05, 0.1) is 11.9 Å². The van der Waals surface area contributed by atoms with E-state index in [1.807, 2.05) is 68.6 Å². The molecular formula is C22H24N4O3. The monoisotopic (exact) mass is 392 g/mol. The Morgan fingerprint density at radius 1 is 1.03 bits per heavy atom. The second-order valence-corrected chi connectivity index (χ2v) is 6.78. The van der Waals surface area contributed by atoms with Crippen molar-refractivity contribution in [3.05, 3.63) is 77.6 Å². The molecule has 0 bridgehead atoms. The van der Waals surface area contributed by atoms with E-state index >= 15 is 0 Å². The lowest BCUT2D eigenvalue weighted by atomic mass is 10.1. The Hall–Kier alpha value is -3.61. The summed E-state index contributed by atoms with van der Waals surface area (Å²) >= 11 is 0. The van der Waals surface area contributed by atoms with Gasteiger partial charge in [0.1, 0.15) is 5.75 Å². The SMILES string of the molecule is Cc1ccc(C)c(OCC(=O)NNC(=O)CCc2cnn(-c3ccccc3)c2)c1. The van der Waals surface area contributed by atoms with Crippen molar-refractivity contribution in [2.45, 2.75) is 26.7 Å². The molecule has 0 aliphatic heterocycles. The number of nitrogens with zero attached hydrogens (tertiary/aromatic N) is 2. The van der Waals surface area contributed by atoms with Gasteiger partial charge >= 0.3 is 0 Å². The molecule has 2 amide bonds. The number of hydrazine groups is 1. The molecule has 1 heterocycles. The summed E-state index contributed by atoms with van der Waals surface area (Å²) in [6.45, 7) is 3.69. The second kappa shape index (κ2) is 9.54. The van der Waals surface area contributed by atoms with E-state index in [1.165, 1.54) is 0 Å². The highest BCUT2D eigenvalue weighted by molar-refractivity contribution is 5.82. The van der Waals surface area contributed by atoms with Gasteiger partial charge in [0, 0.05) is 12.6 Å². The van der Waals surface area contributed by atoms with Gasteiger partial charge in [0.15, 0.2) is 6.61 Å². The van der Waals surface area contributed by atoms with Crippen molar-refractivity contribution in [1.82, 2.24) is 20.6 Å². The number of ether oxygens (including phenoxy) is 1. The molecule has 7 nitrogen and oxygen atoms in total. The molecule has 0 saturated carbocycles. The summed E-state index contributed by atoms with van der Waals surface area (Å²) in [6, 6.07) is 15.5. The third-order valence-corrected chi connectivity index (χ3v) is 4.34. The Kier molecular flexibility index (Phi) is 6.63. The average Bonchev–Trinajstić information content (AvgIpc) is 3.21. The Morgan fingerprint density at radius 2 is 1.79 bits per heavy atom. The fraction of sp³-hybridized carbons (Fsp3) is 0.227. The zero-order valence-electron chi connectivity index (χ0n) is 16.5. The van der Waals surface area contributed by atoms with Crippen LogP contribution in [0.4, 0.5) is 0 Å². The fourth-order valence-electron chi connectivity index (χ4n) is 2.71. The number of aryl methyl sites for hydroxylation is 3. The lowest BCUT2D eigenvalue weighted by molar-refractivity contribution is -0.130. The molecule has 2 aromatic carbocycles. The van der Waals surface area contributed by atoms with Gasteiger partial charge < -0.3 is 4.74 Å². The van der Waals surface area contributed by atoms with Crippen molar-refractivity contribution in [1.29, 1.82) is 0 Å². The molecule has 3 rings (SSSR count). The number of para-hydroxylation sites is 1. The molecule has 2 N–H and O–H groups in total. The molecule has 7 heteroatoms. The van der Waals surface area contributed by atoms with Crippen LogP contribution < -0.4 is 15.6 Å². The van der Waals surface area contributed by atoms with E-state index in [9.17, 15) is 9.59 Å². The highest BCUT2D eigenvalue weighted by Crippen LogP contribution is 2.18. The smallest absolute Gasteiger partial charge is 0.276 e. The molecule has 0 aliphatic rings. The topological polar surface area (TPSA) is 85.2 Å². The van der Waals surface area contributed by atoms with Crippen molar-refractivity contribution in [3.8, 4) is 11.4 Å². The van der Waals surface area contributed by atoms with Crippen molar-refractivity contribution in [2.24, 2.45) is 0 Å². The highest BCUT2D eigenvalue weighted by atomic mass is 16.5. The van der Waals surface area contributed by atoms with Crippen molar-refractivity contribution >= 4 is 11.8 Å². The first-order chi connectivity index (χ1) is 14.0. The Morgan fingerprint density at radius 3 is 2.59 bits per heavy atom. The second-order valence-electron chi connectivity index (χ2n) is 6.78. The van der Waals surface area contributed by atoms with Crippen LogP contribution in [-0.4, -0.2) is 28.2 Å². The van der Waals surface area contributed by atoms with Crippen LogP contribution in [0.2, 0.25) is 0 Å². The normalized spacial score (nSPS) is 10.4. The van der Waals surface area contributed by atoms with Gasteiger partial charge in [-0.2, -0.15) is 5.10 Å². The van der Waals surface area contributed by atoms with Crippen LogP contribution in [0.1, 0.15) is 23.1 Å². The Balaban J connectivity index is 1.39. The molecular weight excluding hydrogens is 368 g/mol. The van der Waals surface area contributed by atoms with E-state index in [-0.39, 0.29) is 18.9 Å². The van der Waals surface area contributed by atoms with E-state index in [0.29, 0.717) is 12.2 Å². The van der Waals surface area contributed by atoms with Gasteiger partial charge in [-0.15, -0.1) is 0 Å². The average molecular weight is 392 g/mol. The summed E-state index contributed by atoms with van der Waals surface area (Å²) in [5, 5.41) is 4.30. The summed E-state index contributed by atoms with van der Waals surface area (Å²) in [5.41, 5.74) is 8.67. The largest absolute Gasteiger partial charge is 0.483 e.